The van der Waals surface area contributed by atoms with Gasteiger partial charge in [-0.3, -0.25) is 0 Å². The van der Waals surface area contributed by atoms with Crippen molar-refractivity contribution >= 4 is 6.03 Å². The molecule has 4 rings (SSSR count). The van der Waals surface area contributed by atoms with Crippen molar-refractivity contribution in [2.24, 2.45) is 0 Å². The van der Waals surface area contributed by atoms with E-state index in [2.05, 4.69) is 45.9 Å². The van der Waals surface area contributed by atoms with Gasteiger partial charge in [-0.15, -0.1) is 0 Å². The molecule has 0 spiro atoms. The largest absolute Gasteiger partial charge is 0.493 e. The molecule has 2 aliphatic heterocycles. The van der Waals surface area contributed by atoms with Crippen molar-refractivity contribution in [3.05, 3.63) is 29.8 Å². The van der Waals surface area contributed by atoms with Gasteiger partial charge >= 0.3 is 6.03 Å². The predicted octanol–water partition coefficient (Wildman–Crippen LogP) is 6.29. The van der Waals surface area contributed by atoms with Crippen molar-refractivity contribution in [3.63, 3.8) is 0 Å². The third kappa shape index (κ3) is 6.90. The normalized spacial score (nSPS) is 20.9. The lowest BCUT2D eigenvalue weighted by Crippen LogP contribution is -2.40. The number of hydrogen-bond donors (Lipinski definition) is 0. The molecule has 3 aliphatic rings. The van der Waals surface area contributed by atoms with Gasteiger partial charge in [0.05, 0.1) is 6.61 Å². The van der Waals surface area contributed by atoms with Crippen LogP contribution >= 0.6 is 0 Å². The molecule has 1 aromatic carbocycles. The van der Waals surface area contributed by atoms with Crippen LogP contribution in [0.25, 0.3) is 0 Å². The van der Waals surface area contributed by atoms with Crippen LogP contribution in [-0.2, 0) is 0 Å². The van der Waals surface area contributed by atoms with Gasteiger partial charge in [0.1, 0.15) is 5.75 Å². The van der Waals surface area contributed by atoms with Crippen molar-refractivity contribution < 1.29 is 9.53 Å². The zero-order chi connectivity index (χ0) is 23.6. The molecule has 1 aromatic rings. The second-order valence-corrected chi connectivity index (χ2v) is 10.7. The molecule has 5 nitrogen and oxygen atoms in total. The number of nitrogens with zero attached hydrogens (tertiary/aromatic N) is 3. The average molecular weight is 470 g/mol. The van der Waals surface area contributed by atoms with Crippen LogP contribution in [0.5, 0.6) is 5.75 Å². The molecule has 0 aromatic heterocycles. The van der Waals surface area contributed by atoms with Gasteiger partial charge in [-0.05, 0) is 82.1 Å². The van der Waals surface area contributed by atoms with Crippen molar-refractivity contribution in [2.75, 3.05) is 45.9 Å². The van der Waals surface area contributed by atoms with Gasteiger partial charge in [0.15, 0.2) is 0 Å². The van der Waals surface area contributed by atoms with Crippen LogP contribution in [-0.4, -0.2) is 72.6 Å². The van der Waals surface area contributed by atoms with E-state index in [1.165, 1.54) is 89.4 Å². The maximum atomic E-state index is 12.8. The lowest BCUT2D eigenvalue weighted by molar-refractivity contribution is 0.163. The summed E-state index contributed by atoms with van der Waals surface area (Å²) in [5.41, 5.74) is 1.41. The standard InChI is InChI=1S/C29H47N3O2/c1-2-24-34-28-15-9-8-14-27(28)25-16-20-30(21-17-25)18-10-3-4-11-19-31-22-23-32(29(31)33)26-12-6-5-7-13-26/h8-9,14-15,25-26H,2-7,10-13,16-24H2,1H3. The van der Waals surface area contributed by atoms with Gasteiger partial charge in [-0.2, -0.15) is 0 Å². The van der Waals surface area contributed by atoms with Crippen molar-refractivity contribution in [1.29, 1.82) is 0 Å². The van der Waals surface area contributed by atoms with E-state index in [0.29, 0.717) is 18.0 Å². The van der Waals surface area contributed by atoms with Crippen LogP contribution in [0.15, 0.2) is 24.3 Å². The summed E-state index contributed by atoms with van der Waals surface area (Å²) in [7, 11) is 0. The lowest BCUT2D eigenvalue weighted by Gasteiger charge is -2.32. The molecule has 0 N–H and O–H groups in total. The molecular formula is C29H47N3O2. The highest BCUT2D eigenvalue weighted by Crippen LogP contribution is 2.34. The summed E-state index contributed by atoms with van der Waals surface area (Å²) >= 11 is 0. The zero-order valence-electron chi connectivity index (χ0n) is 21.6. The van der Waals surface area contributed by atoms with E-state index < -0.39 is 0 Å². The summed E-state index contributed by atoms with van der Waals surface area (Å²) in [4.78, 5) is 19.7. The first-order valence-corrected chi connectivity index (χ1v) is 14.3. The Kier molecular flexibility index (Phi) is 9.97. The Morgan fingerprint density at radius 3 is 2.35 bits per heavy atom. The summed E-state index contributed by atoms with van der Waals surface area (Å²) in [6, 6.07) is 9.50. The quantitative estimate of drug-likeness (QED) is 0.338. The third-order valence-electron chi connectivity index (χ3n) is 8.20. The summed E-state index contributed by atoms with van der Waals surface area (Å²) in [6.45, 7) is 9.44. The first kappa shape index (κ1) is 25.3. The highest BCUT2D eigenvalue weighted by molar-refractivity contribution is 5.76. The Labute approximate surface area is 207 Å². The smallest absolute Gasteiger partial charge is 0.320 e. The first-order valence-electron chi connectivity index (χ1n) is 14.3. The molecule has 2 amide bonds. The fourth-order valence-corrected chi connectivity index (χ4v) is 6.16. The van der Waals surface area contributed by atoms with Crippen molar-refractivity contribution in [3.8, 4) is 5.75 Å². The SMILES string of the molecule is CCCOc1ccccc1C1CCN(CCCCCCN2CCN(C3CCCCC3)C2=O)CC1. The summed E-state index contributed by atoms with van der Waals surface area (Å²) in [5, 5.41) is 0. The maximum absolute atomic E-state index is 12.8. The Balaban J connectivity index is 1.07. The molecule has 0 bridgehead atoms. The van der Waals surface area contributed by atoms with E-state index in [0.717, 1.165) is 44.8 Å². The number of para-hydroxylation sites is 1. The maximum Gasteiger partial charge on any atom is 0.320 e. The summed E-state index contributed by atoms with van der Waals surface area (Å²) < 4.78 is 6.01. The number of amides is 2. The molecule has 2 heterocycles. The minimum atomic E-state index is 0.316. The van der Waals surface area contributed by atoms with E-state index in [9.17, 15) is 4.79 Å². The molecule has 0 radical (unpaired) electrons. The topological polar surface area (TPSA) is 36.0 Å². The molecule has 5 heteroatoms. The van der Waals surface area contributed by atoms with Crippen LogP contribution < -0.4 is 4.74 Å². The fraction of sp³-hybridized carbons (Fsp3) is 0.759. The number of urea groups is 1. The van der Waals surface area contributed by atoms with E-state index in [1.807, 2.05) is 0 Å². The van der Waals surface area contributed by atoms with Gasteiger partial charge in [0, 0.05) is 25.7 Å². The van der Waals surface area contributed by atoms with E-state index in [4.69, 9.17) is 4.74 Å². The van der Waals surface area contributed by atoms with Gasteiger partial charge in [0.2, 0.25) is 0 Å². The minimum Gasteiger partial charge on any atom is -0.493 e. The number of hydrogen-bond acceptors (Lipinski definition) is 3. The van der Waals surface area contributed by atoms with E-state index >= 15 is 0 Å². The van der Waals surface area contributed by atoms with E-state index in [-0.39, 0.29) is 0 Å². The van der Waals surface area contributed by atoms with Crippen LogP contribution in [0.4, 0.5) is 4.79 Å². The Bertz CT molecular complexity index is 741. The molecule has 0 atom stereocenters. The van der Waals surface area contributed by atoms with Gasteiger partial charge in [-0.25, -0.2) is 4.79 Å². The molecule has 1 aliphatic carbocycles. The number of likely N-dealkylation sites (tertiary alicyclic amines) is 1. The third-order valence-corrected chi connectivity index (χ3v) is 8.20. The number of piperidine rings is 1. The Morgan fingerprint density at radius 2 is 1.59 bits per heavy atom. The number of rotatable bonds is 12. The Hall–Kier alpha value is -1.75. The molecular weight excluding hydrogens is 422 g/mol. The highest BCUT2D eigenvalue weighted by atomic mass is 16.5. The fourth-order valence-electron chi connectivity index (χ4n) is 6.16. The van der Waals surface area contributed by atoms with Crippen LogP contribution in [0.2, 0.25) is 0 Å². The molecule has 2 saturated heterocycles. The molecule has 3 fully saturated rings. The van der Waals surface area contributed by atoms with Crippen LogP contribution in [0.3, 0.4) is 0 Å². The minimum absolute atomic E-state index is 0.316. The second-order valence-electron chi connectivity index (χ2n) is 10.7. The number of benzene rings is 1. The predicted molar refractivity (Wildman–Crippen MR) is 140 cm³/mol. The monoisotopic (exact) mass is 469 g/mol. The molecule has 190 valence electrons. The first-order chi connectivity index (χ1) is 16.8. The van der Waals surface area contributed by atoms with Crippen molar-refractivity contribution in [2.45, 2.75) is 95.9 Å². The van der Waals surface area contributed by atoms with Crippen LogP contribution in [0, 0.1) is 0 Å². The van der Waals surface area contributed by atoms with Crippen LogP contribution in [0.1, 0.15) is 95.5 Å². The van der Waals surface area contributed by atoms with E-state index in [1.54, 1.807) is 0 Å². The van der Waals surface area contributed by atoms with Crippen molar-refractivity contribution in [1.82, 2.24) is 14.7 Å². The molecule has 0 unspecified atom stereocenters. The number of ether oxygens (including phenoxy) is 1. The van der Waals surface area contributed by atoms with Gasteiger partial charge < -0.3 is 19.4 Å². The van der Waals surface area contributed by atoms with Gasteiger partial charge in [-0.1, -0.05) is 57.2 Å². The summed E-state index contributed by atoms with van der Waals surface area (Å²) in [5.74, 6) is 1.73. The number of carbonyl (C=O) groups excluding carboxylic acids is 1. The zero-order valence-corrected chi connectivity index (χ0v) is 21.6. The number of carbonyl (C=O) groups is 1. The Morgan fingerprint density at radius 1 is 0.853 bits per heavy atom. The number of unbranched alkanes of at least 4 members (excludes halogenated alkanes) is 3. The lowest BCUT2D eigenvalue weighted by atomic mass is 9.88. The summed E-state index contributed by atoms with van der Waals surface area (Å²) in [6.07, 6.45) is 14.9. The average Bonchev–Trinajstić information content (AvgIpc) is 3.26. The second kappa shape index (κ2) is 13.4. The van der Waals surface area contributed by atoms with Gasteiger partial charge in [0.25, 0.3) is 0 Å². The molecule has 34 heavy (non-hydrogen) atoms. The molecule has 1 saturated carbocycles. The highest BCUT2D eigenvalue weighted by Gasteiger charge is 2.33.